The number of rotatable bonds is 5. The molecule has 1 unspecified atom stereocenters. The Hall–Kier alpha value is -2.48. The summed E-state index contributed by atoms with van der Waals surface area (Å²) in [6.07, 6.45) is 9.76. The van der Waals surface area contributed by atoms with E-state index in [1.54, 1.807) is 6.20 Å². The molecule has 1 amide bonds. The summed E-state index contributed by atoms with van der Waals surface area (Å²) in [7, 11) is 0. The molecule has 0 aromatic heterocycles. The van der Waals surface area contributed by atoms with Crippen LogP contribution in [0.3, 0.4) is 0 Å². The Balaban J connectivity index is 1.20. The van der Waals surface area contributed by atoms with E-state index in [1.807, 2.05) is 0 Å². The smallest absolute Gasteiger partial charge is 0.263 e. The summed E-state index contributed by atoms with van der Waals surface area (Å²) in [4.78, 5) is 17.5. The van der Waals surface area contributed by atoms with Crippen LogP contribution in [0.2, 0.25) is 0 Å². The maximum atomic E-state index is 13.0. The van der Waals surface area contributed by atoms with Crippen molar-refractivity contribution < 1.29 is 4.79 Å². The Morgan fingerprint density at radius 1 is 1.12 bits per heavy atom. The topological polar surface area (TPSA) is 59.4 Å². The molecule has 0 spiro atoms. The molecular weight excluding hydrogens is 396 g/mol. The molecular formula is C27H36N4O. The second-order valence-electron chi connectivity index (χ2n) is 11.0. The highest BCUT2D eigenvalue weighted by atomic mass is 16.1. The van der Waals surface area contributed by atoms with E-state index in [0.29, 0.717) is 0 Å². The van der Waals surface area contributed by atoms with Gasteiger partial charge in [-0.15, -0.1) is 0 Å². The van der Waals surface area contributed by atoms with Gasteiger partial charge >= 0.3 is 0 Å². The molecule has 32 heavy (non-hydrogen) atoms. The standard InChI is InChI=1S/C27H36N4O/c1-19-4-3-5-25(10-19)31-8-6-30(7-9-31)18-24(17-28)26(32)29-20(2)27-14-21-11-22(15-27)13-23(12-21)16-27/h3-5,10,18,20-23H,6-9,11-16H2,1-2H3,(H,29,32)/b24-18-. The first-order valence-corrected chi connectivity index (χ1v) is 12.4. The molecule has 4 bridgehead atoms. The van der Waals surface area contributed by atoms with Gasteiger partial charge in [0.2, 0.25) is 0 Å². The number of nitrogens with zero attached hydrogens (tertiary/aromatic N) is 3. The number of amides is 1. The number of benzene rings is 1. The highest BCUT2D eigenvalue weighted by Crippen LogP contribution is 2.61. The van der Waals surface area contributed by atoms with Gasteiger partial charge in [-0.1, -0.05) is 12.1 Å². The Morgan fingerprint density at radius 2 is 1.75 bits per heavy atom. The molecule has 1 N–H and O–H groups in total. The zero-order valence-electron chi connectivity index (χ0n) is 19.5. The van der Waals surface area contributed by atoms with Gasteiger partial charge in [0, 0.05) is 44.1 Å². The molecule has 6 rings (SSSR count). The monoisotopic (exact) mass is 432 g/mol. The third-order valence-corrected chi connectivity index (χ3v) is 8.71. The van der Waals surface area contributed by atoms with Crippen LogP contribution in [-0.2, 0) is 4.79 Å². The van der Waals surface area contributed by atoms with Crippen molar-refractivity contribution in [2.24, 2.45) is 23.2 Å². The van der Waals surface area contributed by atoms with Crippen LogP contribution in [-0.4, -0.2) is 43.0 Å². The Labute approximate surface area is 192 Å². The summed E-state index contributed by atoms with van der Waals surface area (Å²) in [6.45, 7) is 7.72. The molecule has 1 saturated heterocycles. The molecule has 5 fully saturated rings. The molecule has 5 aliphatic rings. The predicted molar refractivity (Wildman–Crippen MR) is 127 cm³/mol. The molecule has 1 aliphatic heterocycles. The second kappa shape index (κ2) is 8.46. The van der Waals surface area contributed by atoms with E-state index in [0.717, 1.165) is 43.9 Å². The van der Waals surface area contributed by atoms with Crippen LogP contribution in [0.5, 0.6) is 0 Å². The molecule has 1 atom stereocenters. The fourth-order valence-corrected chi connectivity index (χ4v) is 7.39. The molecule has 4 aliphatic carbocycles. The first-order valence-electron chi connectivity index (χ1n) is 12.4. The highest BCUT2D eigenvalue weighted by Gasteiger charge is 2.53. The number of nitrogens with one attached hydrogen (secondary N) is 1. The largest absolute Gasteiger partial charge is 0.373 e. The fourth-order valence-electron chi connectivity index (χ4n) is 7.39. The summed E-state index contributed by atoms with van der Waals surface area (Å²) in [5.74, 6) is 2.38. The van der Waals surface area contributed by atoms with Crippen molar-refractivity contribution in [3.8, 4) is 6.07 Å². The summed E-state index contributed by atoms with van der Waals surface area (Å²) < 4.78 is 0. The van der Waals surface area contributed by atoms with E-state index in [2.05, 4.69) is 59.3 Å². The van der Waals surface area contributed by atoms with E-state index >= 15 is 0 Å². The Morgan fingerprint density at radius 3 is 2.31 bits per heavy atom. The summed E-state index contributed by atoms with van der Waals surface area (Å²) >= 11 is 0. The van der Waals surface area contributed by atoms with Gasteiger partial charge in [0.25, 0.3) is 5.91 Å². The minimum atomic E-state index is -0.197. The summed E-state index contributed by atoms with van der Waals surface area (Å²) in [5, 5.41) is 13.0. The first-order chi connectivity index (χ1) is 15.4. The van der Waals surface area contributed by atoms with Gasteiger partial charge in [0.1, 0.15) is 11.6 Å². The lowest BCUT2D eigenvalue weighted by molar-refractivity contribution is -0.122. The van der Waals surface area contributed by atoms with Crippen LogP contribution in [0.1, 0.15) is 51.0 Å². The molecule has 5 heteroatoms. The lowest BCUT2D eigenvalue weighted by Gasteiger charge is -2.59. The van der Waals surface area contributed by atoms with Crippen LogP contribution in [0.25, 0.3) is 0 Å². The number of nitriles is 1. The van der Waals surface area contributed by atoms with E-state index in [-0.39, 0.29) is 22.9 Å². The van der Waals surface area contributed by atoms with Gasteiger partial charge in [0.05, 0.1) is 0 Å². The van der Waals surface area contributed by atoms with Gasteiger partial charge in [-0.05, 0) is 93.2 Å². The summed E-state index contributed by atoms with van der Waals surface area (Å²) in [6, 6.07) is 10.9. The van der Waals surface area contributed by atoms with Crippen molar-refractivity contribution in [3.63, 3.8) is 0 Å². The third-order valence-electron chi connectivity index (χ3n) is 8.71. The molecule has 1 heterocycles. The molecule has 1 aromatic carbocycles. The summed E-state index contributed by atoms with van der Waals surface area (Å²) in [5.41, 5.74) is 3.01. The maximum absolute atomic E-state index is 13.0. The molecule has 0 radical (unpaired) electrons. The van der Waals surface area contributed by atoms with E-state index in [4.69, 9.17) is 0 Å². The Bertz CT molecular complexity index is 902. The zero-order valence-corrected chi connectivity index (χ0v) is 19.5. The predicted octanol–water partition coefficient (Wildman–Crippen LogP) is 4.25. The van der Waals surface area contributed by atoms with Crippen molar-refractivity contribution in [1.82, 2.24) is 10.2 Å². The van der Waals surface area contributed by atoms with Gasteiger partial charge < -0.3 is 15.1 Å². The lowest BCUT2D eigenvalue weighted by Crippen LogP contribution is -2.56. The van der Waals surface area contributed by atoms with Crippen LogP contribution in [0.4, 0.5) is 5.69 Å². The van der Waals surface area contributed by atoms with Crippen molar-refractivity contribution >= 4 is 11.6 Å². The van der Waals surface area contributed by atoms with Crippen molar-refractivity contribution in [3.05, 3.63) is 41.6 Å². The van der Waals surface area contributed by atoms with E-state index in [9.17, 15) is 10.1 Å². The number of hydrogen-bond donors (Lipinski definition) is 1. The van der Waals surface area contributed by atoms with Crippen LogP contribution in [0.15, 0.2) is 36.0 Å². The second-order valence-corrected chi connectivity index (χ2v) is 11.0. The van der Waals surface area contributed by atoms with E-state index < -0.39 is 0 Å². The van der Waals surface area contributed by atoms with Gasteiger partial charge in [0.15, 0.2) is 0 Å². The van der Waals surface area contributed by atoms with Crippen molar-refractivity contribution in [1.29, 1.82) is 5.26 Å². The minimum absolute atomic E-state index is 0.137. The average Bonchev–Trinajstić information content (AvgIpc) is 2.77. The number of hydrogen-bond acceptors (Lipinski definition) is 4. The zero-order chi connectivity index (χ0) is 22.3. The first kappa shape index (κ1) is 21.4. The Kier molecular flexibility index (Phi) is 5.65. The number of aryl methyl sites for hydroxylation is 1. The van der Waals surface area contributed by atoms with Crippen LogP contribution < -0.4 is 10.2 Å². The highest BCUT2D eigenvalue weighted by molar-refractivity contribution is 5.97. The van der Waals surface area contributed by atoms with Gasteiger partial charge in [-0.3, -0.25) is 4.79 Å². The molecule has 5 nitrogen and oxygen atoms in total. The molecule has 170 valence electrons. The van der Waals surface area contributed by atoms with Crippen molar-refractivity contribution in [2.45, 2.75) is 58.4 Å². The number of piperazine rings is 1. The van der Waals surface area contributed by atoms with Crippen molar-refractivity contribution in [2.75, 3.05) is 31.1 Å². The van der Waals surface area contributed by atoms with Crippen LogP contribution >= 0.6 is 0 Å². The van der Waals surface area contributed by atoms with Gasteiger partial charge in [-0.2, -0.15) is 5.26 Å². The number of carbonyl (C=O) groups excluding carboxylic acids is 1. The van der Waals surface area contributed by atoms with E-state index in [1.165, 1.54) is 49.8 Å². The third kappa shape index (κ3) is 4.12. The van der Waals surface area contributed by atoms with Gasteiger partial charge in [-0.25, -0.2) is 0 Å². The molecule has 1 aromatic rings. The molecule has 4 saturated carbocycles. The minimum Gasteiger partial charge on any atom is -0.373 e. The van der Waals surface area contributed by atoms with Crippen LogP contribution in [0, 0.1) is 41.4 Å². The normalized spacial score (nSPS) is 32.5. The number of carbonyl (C=O) groups is 1. The average molecular weight is 433 g/mol. The quantitative estimate of drug-likeness (QED) is 0.558. The maximum Gasteiger partial charge on any atom is 0.263 e. The number of anilines is 1. The fraction of sp³-hybridized carbons (Fsp3) is 0.630. The SMILES string of the molecule is Cc1cccc(N2CCN(/C=C(/C#N)C(=O)NC(C)C34CC5CC(CC(C5)C3)C4)CC2)c1. The lowest BCUT2D eigenvalue weighted by atomic mass is 9.48.